The summed E-state index contributed by atoms with van der Waals surface area (Å²) in [5, 5.41) is 2.41. The molecule has 0 spiro atoms. The molecule has 1 amide bonds. The molecular formula is C25H17F3N4O3S2. The Morgan fingerprint density at radius 3 is 2.57 bits per heavy atom. The molecule has 2 heterocycles. The highest BCUT2D eigenvalue weighted by Crippen LogP contribution is 2.42. The van der Waals surface area contributed by atoms with E-state index in [0.29, 0.717) is 16.8 Å². The van der Waals surface area contributed by atoms with Crippen LogP contribution >= 0.6 is 11.8 Å². The van der Waals surface area contributed by atoms with Gasteiger partial charge in [-0.1, -0.05) is 42.1 Å². The molecule has 37 heavy (non-hydrogen) atoms. The molecule has 188 valence electrons. The fraction of sp³-hybridized carbons (Fsp3) is 0.0800. The summed E-state index contributed by atoms with van der Waals surface area (Å²) in [7, 11) is -4.08. The number of hydrogen-bond acceptors (Lipinski definition) is 6. The van der Waals surface area contributed by atoms with Crippen molar-refractivity contribution in [3.63, 3.8) is 0 Å². The summed E-state index contributed by atoms with van der Waals surface area (Å²) >= 11 is 0.910. The van der Waals surface area contributed by atoms with Gasteiger partial charge in [0, 0.05) is 11.6 Å². The van der Waals surface area contributed by atoms with E-state index in [4.69, 9.17) is 0 Å². The minimum Gasteiger partial charge on any atom is -0.323 e. The van der Waals surface area contributed by atoms with Gasteiger partial charge in [0.25, 0.3) is 10.0 Å². The van der Waals surface area contributed by atoms with Gasteiger partial charge in [-0.25, -0.2) is 31.6 Å². The molecule has 7 nitrogen and oxygen atoms in total. The Hall–Kier alpha value is -3.90. The zero-order chi connectivity index (χ0) is 26.2. The molecule has 1 aliphatic heterocycles. The van der Waals surface area contributed by atoms with E-state index in [1.807, 2.05) is 0 Å². The number of para-hydroxylation sites is 1. The standard InChI is InChI=1S/C25H17F3N4O3S2/c26-16-5-3-4-15(10-16)13-32-21-7-2-1-6-18(21)24-22(37(32,34)35)12-29-25(31-24)36-14-23(33)30-20-11-17(27)8-9-19(20)28/h1-12H,13-14H2,(H,30,33). The molecule has 0 saturated heterocycles. The van der Waals surface area contributed by atoms with Crippen molar-refractivity contribution in [1.82, 2.24) is 9.97 Å². The van der Waals surface area contributed by atoms with Crippen molar-refractivity contribution < 1.29 is 26.4 Å². The summed E-state index contributed by atoms with van der Waals surface area (Å²) in [6, 6.07) is 15.1. The smallest absolute Gasteiger partial charge is 0.268 e. The molecule has 1 aliphatic rings. The molecule has 5 rings (SSSR count). The quantitative estimate of drug-likeness (QED) is 0.272. The molecule has 0 saturated carbocycles. The van der Waals surface area contributed by atoms with Gasteiger partial charge in [0.1, 0.15) is 22.3 Å². The van der Waals surface area contributed by atoms with Gasteiger partial charge in [-0.05, 0) is 35.9 Å². The number of carbonyl (C=O) groups excluding carboxylic acids is 1. The monoisotopic (exact) mass is 542 g/mol. The summed E-state index contributed by atoms with van der Waals surface area (Å²) < 4.78 is 69.1. The van der Waals surface area contributed by atoms with Crippen molar-refractivity contribution in [3.8, 4) is 11.3 Å². The van der Waals surface area contributed by atoms with Gasteiger partial charge in [-0.15, -0.1) is 0 Å². The van der Waals surface area contributed by atoms with Crippen molar-refractivity contribution in [3.05, 3.63) is 95.9 Å². The number of anilines is 2. The van der Waals surface area contributed by atoms with Crippen molar-refractivity contribution in [1.29, 1.82) is 0 Å². The Morgan fingerprint density at radius 2 is 1.76 bits per heavy atom. The normalized spacial score (nSPS) is 13.5. The van der Waals surface area contributed by atoms with E-state index in [1.54, 1.807) is 30.3 Å². The third-order valence-electron chi connectivity index (χ3n) is 5.48. The molecule has 1 N–H and O–H groups in total. The molecule has 0 atom stereocenters. The highest BCUT2D eigenvalue weighted by atomic mass is 32.2. The first kappa shape index (κ1) is 24.8. The highest BCUT2D eigenvalue weighted by molar-refractivity contribution is 7.99. The number of rotatable bonds is 6. The molecule has 0 fully saturated rings. The predicted octanol–water partition coefficient (Wildman–Crippen LogP) is 5.00. The van der Waals surface area contributed by atoms with E-state index in [1.165, 1.54) is 28.7 Å². The molecular weight excluding hydrogens is 525 g/mol. The van der Waals surface area contributed by atoms with Gasteiger partial charge in [0.05, 0.1) is 35.6 Å². The second-order valence-electron chi connectivity index (χ2n) is 7.99. The molecule has 1 aromatic heterocycles. The van der Waals surface area contributed by atoms with Crippen LogP contribution in [-0.4, -0.2) is 30.0 Å². The number of aromatic nitrogens is 2. The van der Waals surface area contributed by atoms with Crippen LogP contribution in [0, 0.1) is 17.5 Å². The number of nitrogens with one attached hydrogen (secondary N) is 1. The average Bonchev–Trinajstić information content (AvgIpc) is 2.87. The number of thioether (sulfide) groups is 1. The van der Waals surface area contributed by atoms with E-state index < -0.39 is 33.4 Å². The van der Waals surface area contributed by atoms with Gasteiger partial charge in [-0.3, -0.25) is 9.10 Å². The van der Waals surface area contributed by atoms with Crippen LogP contribution in [0.15, 0.2) is 83.0 Å². The number of amides is 1. The van der Waals surface area contributed by atoms with E-state index in [0.717, 1.165) is 30.0 Å². The van der Waals surface area contributed by atoms with Gasteiger partial charge in [-0.2, -0.15) is 0 Å². The average molecular weight is 543 g/mol. The predicted molar refractivity (Wildman–Crippen MR) is 133 cm³/mol. The summed E-state index contributed by atoms with van der Waals surface area (Å²) in [5.74, 6) is -2.81. The first-order valence-electron chi connectivity index (χ1n) is 10.8. The summed E-state index contributed by atoms with van der Waals surface area (Å²) in [6.07, 6.45) is 1.17. The minimum absolute atomic E-state index is 0.0934. The van der Waals surface area contributed by atoms with Crippen LogP contribution in [0.5, 0.6) is 0 Å². The molecule has 12 heteroatoms. The zero-order valence-electron chi connectivity index (χ0n) is 18.9. The largest absolute Gasteiger partial charge is 0.323 e. The van der Waals surface area contributed by atoms with E-state index in [-0.39, 0.29) is 33.7 Å². The lowest BCUT2D eigenvalue weighted by atomic mass is 10.1. The summed E-state index contributed by atoms with van der Waals surface area (Å²) in [5.41, 5.74) is 1.23. The van der Waals surface area contributed by atoms with Crippen LogP contribution in [-0.2, 0) is 21.4 Å². The van der Waals surface area contributed by atoms with Crippen molar-refractivity contribution in [2.45, 2.75) is 16.6 Å². The Morgan fingerprint density at radius 1 is 0.973 bits per heavy atom. The number of nitrogens with zero attached hydrogens (tertiary/aromatic N) is 3. The number of benzene rings is 3. The Bertz CT molecular complexity index is 1630. The fourth-order valence-electron chi connectivity index (χ4n) is 3.83. The zero-order valence-corrected chi connectivity index (χ0v) is 20.5. The maximum Gasteiger partial charge on any atom is 0.268 e. The Labute approximate surface area is 214 Å². The van der Waals surface area contributed by atoms with Crippen LogP contribution in [0.2, 0.25) is 0 Å². The maximum atomic E-state index is 13.8. The van der Waals surface area contributed by atoms with Gasteiger partial charge < -0.3 is 5.32 Å². The van der Waals surface area contributed by atoms with Gasteiger partial charge >= 0.3 is 0 Å². The van der Waals surface area contributed by atoms with Gasteiger partial charge in [0.15, 0.2) is 5.16 Å². The number of carbonyl (C=O) groups is 1. The first-order chi connectivity index (χ1) is 17.7. The highest BCUT2D eigenvalue weighted by Gasteiger charge is 2.36. The third-order valence-corrected chi connectivity index (χ3v) is 8.10. The second kappa shape index (κ2) is 9.87. The van der Waals surface area contributed by atoms with Crippen LogP contribution in [0.25, 0.3) is 11.3 Å². The third kappa shape index (κ3) is 5.02. The molecule has 0 bridgehead atoms. The lowest BCUT2D eigenvalue weighted by molar-refractivity contribution is -0.113. The minimum atomic E-state index is -4.08. The SMILES string of the molecule is O=C(CSc1ncc2c(n1)-c1ccccc1N(Cc1cccc(F)c1)S2(=O)=O)Nc1cc(F)ccc1F. The van der Waals surface area contributed by atoms with E-state index in [2.05, 4.69) is 15.3 Å². The van der Waals surface area contributed by atoms with Crippen molar-refractivity contribution in [2.24, 2.45) is 0 Å². The Kier molecular flexibility index (Phi) is 6.61. The molecule has 4 aromatic rings. The van der Waals surface area contributed by atoms with E-state index >= 15 is 0 Å². The summed E-state index contributed by atoms with van der Waals surface area (Å²) in [6.45, 7) is -0.0934. The number of fused-ring (bicyclic) bond motifs is 3. The van der Waals surface area contributed by atoms with Crippen molar-refractivity contribution >= 4 is 39.1 Å². The fourth-order valence-corrected chi connectivity index (χ4v) is 6.00. The summed E-state index contributed by atoms with van der Waals surface area (Å²) in [4.78, 5) is 20.6. The van der Waals surface area contributed by atoms with Gasteiger partial charge in [0.2, 0.25) is 5.91 Å². The van der Waals surface area contributed by atoms with Crippen LogP contribution in [0.4, 0.5) is 24.5 Å². The molecule has 0 radical (unpaired) electrons. The maximum absolute atomic E-state index is 13.8. The lowest BCUT2D eigenvalue weighted by Gasteiger charge is -2.31. The molecule has 0 aliphatic carbocycles. The molecule has 0 unspecified atom stereocenters. The number of halogens is 3. The number of hydrogen-bond donors (Lipinski definition) is 1. The Balaban J connectivity index is 1.41. The van der Waals surface area contributed by atoms with Crippen LogP contribution in [0.3, 0.4) is 0 Å². The second-order valence-corrected chi connectivity index (χ2v) is 10.8. The topological polar surface area (TPSA) is 92.3 Å². The van der Waals surface area contributed by atoms with Crippen LogP contribution < -0.4 is 9.62 Å². The number of sulfonamides is 1. The van der Waals surface area contributed by atoms with E-state index in [9.17, 15) is 26.4 Å². The van der Waals surface area contributed by atoms with Crippen LogP contribution in [0.1, 0.15) is 5.56 Å². The lowest BCUT2D eigenvalue weighted by Crippen LogP contribution is -2.34. The first-order valence-corrected chi connectivity index (χ1v) is 13.3. The molecule has 3 aromatic carbocycles. The van der Waals surface area contributed by atoms with Crippen molar-refractivity contribution in [2.75, 3.05) is 15.4 Å².